The molecular formula is C26H22N4O3. The van der Waals surface area contributed by atoms with Crippen LogP contribution in [-0.4, -0.2) is 28.6 Å². The van der Waals surface area contributed by atoms with E-state index in [1.165, 1.54) is 0 Å². The van der Waals surface area contributed by atoms with Gasteiger partial charge in [-0.3, -0.25) is 9.59 Å². The lowest BCUT2D eigenvalue weighted by atomic mass is 10.1. The summed E-state index contributed by atoms with van der Waals surface area (Å²) in [5.74, 6) is 0.657. The smallest absolute Gasteiger partial charge is 0.255 e. The summed E-state index contributed by atoms with van der Waals surface area (Å²) >= 11 is 0. The highest BCUT2D eigenvalue weighted by Crippen LogP contribution is 2.31. The molecule has 5 rings (SSSR count). The normalized spacial score (nSPS) is 12.5. The topological polar surface area (TPSA) is 88.3 Å². The first-order valence-corrected chi connectivity index (χ1v) is 10.7. The van der Waals surface area contributed by atoms with Gasteiger partial charge in [0, 0.05) is 41.5 Å². The predicted octanol–water partition coefficient (Wildman–Crippen LogP) is 4.87. The summed E-state index contributed by atoms with van der Waals surface area (Å²) in [6.07, 6.45) is 0.780. The van der Waals surface area contributed by atoms with Crippen LogP contribution >= 0.6 is 0 Å². The third-order valence-corrected chi connectivity index (χ3v) is 5.73. The number of nitrogens with one attached hydrogen (secondary N) is 1. The van der Waals surface area contributed by atoms with Gasteiger partial charge in [0.25, 0.3) is 5.91 Å². The molecule has 0 bridgehead atoms. The second kappa shape index (κ2) is 8.35. The van der Waals surface area contributed by atoms with Crippen molar-refractivity contribution in [3.05, 3.63) is 83.4 Å². The van der Waals surface area contributed by atoms with Crippen LogP contribution in [0.25, 0.3) is 22.9 Å². The Labute approximate surface area is 191 Å². The second-order valence-electron chi connectivity index (χ2n) is 8.07. The predicted molar refractivity (Wildman–Crippen MR) is 126 cm³/mol. The van der Waals surface area contributed by atoms with Crippen LogP contribution in [-0.2, 0) is 11.2 Å². The molecule has 0 fully saturated rings. The fourth-order valence-electron chi connectivity index (χ4n) is 3.93. The third kappa shape index (κ3) is 4.13. The van der Waals surface area contributed by atoms with Crippen molar-refractivity contribution >= 4 is 23.2 Å². The minimum atomic E-state index is -0.214. The summed E-state index contributed by atoms with van der Waals surface area (Å²) in [6.45, 7) is 4.25. The van der Waals surface area contributed by atoms with E-state index >= 15 is 0 Å². The van der Waals surface area contributed by atoms with Gasteiger partial charge in [-0.25, -0.2) is 0 Å². The highest BCUT2D eigenvalue weighted by Gasteiger charge is 2.22. The van der Waals surface area contributed by atoms with Crippen molar-refractivity contribution in [2.24, 2.45) is 0 Å². The molecule has 1 aliphatic rings. The van der Waals surface area contributed by atoms with E-state index in [0.29, 0.717) is 29.6 Å². The lowest BCUT2D eigenvalue weighted by Crippen LogP contribution is -2.25. The maximum Gasteiger partial charge on any atom is 0.255 e. The maximum absolute atomic E-state index is 12.7. The molecule has 1 aliphatic heterocycles. The summed E-state index contributed by atoms with van der Waals surface area (Å²) in [4.78, 5) is 26.2. The van der Waals surface area contributed by atoms with Crippen LogP contribution in [0, 0.1) is 6.92 Å². The largest absolute Gasteiger partial charge is 0.416 e. The molecule has 0 unspecified atom stereocenters. The van der Waals surface area contributed by atoms with Crippen LogP contribution in [0.1, 0.15) is 28.4 Å². The van der Waals surface area contributed by atoms with Crippen molar-refractivity contribution < 1.29 is 14.0 Å². The number of rotatable bonds is 4. The highest BCUT2D eigenvalue weighted by atomic mass is 16.4. The van der Waals surface area contributed by atoms with E-state index in [-0.39, 0.29) is 11.8 Å². The van der Waals surface area contributed by atoms with E-state index in [9.17, 15) is 9.59 Å². The first kappa shape index (κ1) is 20.6. The zero-order valence-corrected chi connectivity index (χ0v) is 18.3. The van der Waals surface area contributed by atoms with Crippen LogP contribution < -0.4 is 10.2 Å². The van der Waals surface area contributed by atoms with Gasteiger partial charge in [0.05, 0.1) is 0 Å². The molecule has 7 heteroatoms. The lowest BCUT2D eigenvalue weighted by Gasteiger charge is -2.15. The van der Waals surface area contributed by atoms with Crippen molar-refractivity contribution in [2.75, 3.05) is 16.8 Å². The van der Waals surface area contributed by atoms with Crippen LogP contribution in [0.15, 0.2) is 71.1 Å². The molecule has 2 heterocycles. The molecule has 2 amide bonds. The monoisotopic (exact) mass is 438 g/mol. The van der Waals surface area contributed by atoms with Crippen LogP contribution in [0.4, 0.5) is 11.4 Å². The van der Waals surface area contributed by atoms with Crippen molar-refractivity contribution in [1.82, 2.24) is 10.2 Å². The maximum atomic E-state index is 12.7. The van der Waals surface area contributed by atoms with Gasteiger partial charge in [0.15, 0.2) is 0 Å². The molecule has 0 saturated carbocycles. The molecule has 0 radical (unpaired) electrons. The number of nitrogens with zero attached hydrogens (tertiary/aromatic N) is 3. The minimum absolute atomic E-state index is 0.0258. The number of fused-ring (bicyclic) bond motifs is 1. The molecular weight excluding hydrogens is 416 g/mol. The summed E-state index contributed by atoms with van der Waals surface area (Å²) < 4.78 is 5.81. The number of benzene rings is 3. The van der Waals surface area contributed by atoms with E-state index in [0.717, 1.165) is 34.4 Å². The number of hydrogen-bond donors (Lipinski definition) is 1. The number of anilines is 2. The zero-order valence-electron chi connectivity index (χ0n) is 18.3. The van der Waals surface area contributed by atoms with Gasteiger partial charge in [0.2, 0.25) is 17.7 Å². The third-order valence-electron chi connectivity index (χ3n) is 5.73. The Morgan fingerprint density at radius 2 is 1.55 bits per heavy atom. The molecule has 1 N–H and O–H groups in total. The van der Waals surface area contributed by atoms with Crippen LogP contribution in [0.5, 0.6) is 0 Å². The molecule has 33 heavy (non-hydrogen) atoms. The van der Waals surface area contributed by atoms with Gasteiger partial charge in [-0.05, 0) is 73.5 Å². The Morgan fingerprint density at radius 3 is 2.18 bits per heavy atom. The van der Waals surface area contributed by atoms with E-state index in [1.807, 2.05) is 49.4 Å². The number of aryl methyl sites for hydroxylation is 1. The van der Waals surface area contributed by atoms with E-state index in [4.69, 9.17) is 4.42 Å². The van der Waals surface area contributed by atoms with Gasteiger partial charge in [-0.15, -0.1) is 10.2 Å². The molecule has 0 spiro atoms. The quantitative estimate of drug-likeness (QED) is 0.491. The summed E-state index contributed by atoms with van der Waals surface area (Å²) in [7, 11) is 0. The van der Waals surface area contributed by atoms with Gasteiger partial charge in [0.1, 0.15) is 0 Å². The van der Waals surface area contributed by atoms with Crippen molar-refractivity contribution in [3.8, 4) is 22.9 Å². The number of amides is 2. The van der Waals surface area contributed by atoms with Gasteiger partial charge >= 0.3 is 0 Å². The first-order valence-electron chi connectivity index (χ1n) is 10.7. The molecule has 0 aliphatic carbocycles. The van der Waals surface area contributed by atoms with Crippen LogP contribution in [0.3, 0.4) is 0 Å². The number of aromatic nitrogens is 2. The molecule has 0 saturated heterocycles. The summed E-state index contributed by atoms with van der Waals surface area (Å²) in [6, 6.07) is 20.5. The fourth-order valence-corrected chi connectivity index (χ4v) is 3.93. The molecule has 3 aromatic carbocycles. The van der Waals surface area contributed by atoms with Gasteiger partial charge in [-0.2, -0.15) is 0 Å². The van der Waals surface area contributed by atoms with Crippen molar-refractivity contribution in [3.63, 3.8) is 0 Å². The minimum Gasteiger partial charge on any atom is -0.416 e. The first-order chi connectivity index (χ1) is 16.0. The molecule has 164 valence electrons. The van der Waals surface area contributed by atoms with Gasteiger partial charge in [-0.1, -0.05) is 17.7 Å². The summed E-state index contributed by atoms with van der Waals surface area (Å²) in [5, 5.41) is 11.2. The standard InChI is InChI=1S/C26H22N4O3/c1-16-3-5-19(6-4-16)25-28-29-26(33-25)20-9-7-18(8-10-20)24(32)27-22-11-12-23-21(15-22)13-14-30(23)17(2)31/h3-12,15H,13-14H2,1-2H3,(H,27,32). The number of carbonyl (C=O) groups excluding carboxylic acids is 2. The Morgan fingerprint density at radius 1 is 0.909 bits per heavy atom. The Balaban J connectivity index is 1.29. The number of carbonyl (C=O) groups is 2. The molecule has 1 aromatic heterocycles. The Hall–Kier alpha value is -4.26. The average Bonchev–Trinajstić information content (AvgIpc) is 3.47. The Bertz CT molecular complexity index is 1340. The highest BCUT2D eigenvalue weighted by molar-refractivity contribution is 6.05. The second-order valence-corrected chi connectivity index (χ2v) is 8.07. The zero-order chi connectivity index (χ0) is 22.9. The van der Waals surface area contributed by atoms with Gasteiger partial charge < -0.3 is 14.6 Å². The lowest BCUT2D eigenvalue weighted by molar-refractivity contribution is -0.116. The van der Waals surface area contributed by atoms with Crippen LogP contribution in [0.2, 0.25) is 0 Å². The van der Waals surface area contributed by atoms with E-state index in [1.54, 1.807) is 36.1 Å². The van der Waals surface area contributed by atoms with Crippen molar-refractivity contribution in [1.29, 1.82) is 0 Å². The average molecular weight is 438 g/mol. The molecule has 7 nitrogen and oxygen atoms in total. The van der Waals surface area contributed by atoms with Crippen molar-refractivity contribution in [2.45, 2.75) is 20.3 Å². The Kier molecular flexibility index (Phi) is 5.22. The summed E-state index contributed by atoms with van der Waals surface area (Å²) in [5.41, 5.74) is 5.94. The molecule has 4 aromatic rings. The van der Waals surface area contributed by atoms with E-state index in [2.05, 4.69) is 15.5 Å². The number of hydrogen-bond acceptors (Lipinski definition) is 5. The SMILES string of the molecule is CC(=O)N1CCc2cc(NC(=O)c3ccc(-c4nnc(-c5ccc(C)cc5)o4)cc3)ccc21. The fraction of sp³-hybridized carbons (Fsp3) is 0.154. The molecule has 0 atom stereocenters. The van der Waals surface area contributed by atoms with E-state index < -0.39 is 0 Å².